The van der Waals surface area contributed by atoms with Crippen LogP contribution < -0.4 is 11.1 Å². The molecule has 1 aromatic heterocycles. The van der Waals surface area contributed by atoms with Gasteiger partial charge in [0, 0.05) is 15.7 Å². The number of nitrogens with zero attached hydrogens (tertiary/aromatic N) is 2. The van der Waals surface area contributed by atoms with Crippen LogP contribution in [0.4, 0.5) is 11.8 Å². The second-order valence-electron chi connectivity index (χ2n) is 6.40. The minimum atomic E-state index is 0.113. The zero-order chi connectivity index (χ0) is 18.5. The summed E-state index contributed by atoms with van der Waals surface area (Å²) >= 11 is 3.51. The first-order valence-corrected chi connectivity index (χ1v) is 9.51. The normalized spacial score (nSPS) is 12.0. The lowest BCUT2D eigenvalue weighted by Gasteiger charge is -2.16. The quantitative estimate of drug-likeness (QED) is 0.593. The number of hydrogen-bond acceptors (Lipinski definition) is 4. The van der Waals surface area contributed by atoms with Gasteiger partial charge in [0.15, 0.2) is 0 Å². The molecule has 0 amide bonds. The molecule has 1 unspecified atom stereocenters. The molecule has 1 heterocycles. The molecule has 0 saturated carbocycles. The van der Waals surface area contributed by atoms with Gasteiger partial charge in [0.2, 0.25) is 5.95 Å². The molecule has 3 aromatic rings. The largest absolute Gasteiger partial charge is 0.383 e. The number of aromatic nitrogens is 2. The van der Waals surface area contributed by atoms with Crippen LogP contribution in [0.2, 0.25) is 0 Å². The van der Waals surface area contributed by atoms with Gasteiger partial charge in [-0.3, -0.25) is 0 Å². The second-order valence-corrected chi connectivity index (χ2v) is 7.32. The van der Waals surface area contributed by atoms with Crippen LogP contribution in [0.15, 0.2) is 59.1 Å². The molecule has 3 N–H and O–H groups in total. The summed E-state index contributed by atoms with van der Waals surface area (Å²) in [6, 6.07) is 18.7. The molecule has 5 heteroatoms. The van der Waals surface area contributed by atoms with E-state index in [1.807, 2.05) is 37.3 Å². The van der Waals surface area contributed by atoms with Crippen LogP contribution in [0, 0.1) is 6.92 Å². The molecule has 0 spiro atoms. The Balaban J connectivity index is 1.71. The van der Waals surface area contributed by atoms with E-state index in [1.165, 1.54) is 11.1 Å². The lowest BCUT2D eigenvalue weighted by atomic mass is 10.0. The van der Waals surface area contributed by atoms with Gasteiger partial charge in [-0.2, -0.15) is 4.98 Å². The summed E-state index contributed by atoms with van der Waals surface area (Å²) in [5.41, 5.74) is 10.6. The molecule has 3 rings (SSSR count). The number of aryl methyl sites for hydroxylation is 2. The highest BCUT2D eigenvalue weighted by molar-refractivity contribution is 9.10. The lowest BCUT2D eigenvalue weighted by Crippen LogP contribution is -2.13. The molecule has 0 bridgehead atoms. The number of benzene rings is 2. The average Bonchev–Trinajstić information content (AvgIpc) is 2.62. The molecule has 134 valence electrons. The zero-order valence-electron chi connectivity index (χ0n) is 15.0. The molecule has 26 heavy (non-hydrogen) atoms. The van der Waals surface area contributed by atoms with E-state index < -0.39 is 0 Å². The Bertz CT molecular complexity index is 857. The highest BCUT2D eigenvalue weighted by Crippen LogP contribution is 2.22. The second kappa shape index (κ2) is 8.32. The van der Waals surface area contributed by atoms with Crippen molar-refractivity contribution in [2.75, 3.05) is 11.1 Å². The molecular weight excluding hydrogens is 388 g/mol. The van der Waals surface area contributed by atoms with Crippen molar-refractivity contribution >= 4 is 27.7 Å². The maximum atomic E-state index is 6.23. The van der Waals surface area contributed by atoms with Crippen molar-refractivity contribution in [3.63, 3.8) is 0 Å². The number of nitrogens with two attached hydrogens (primary N) is 1. The first-order valence-electron chi connectivity index (χ1n) is 8.72. The number of nitrogens with one attached hydrogen (secondary N) is 1. The van der Waals surface area contributed by atoms with E-state index in [1.54, 1.807) is 0 Å². The predicted molar refractivity (Wildman–Crippen MR) is 111 cm³/mol. The maximum absolute atomic E-state index is 6.23. The van der Waals surface area contributed by atoms with Crippen molar-refractivity contribution in [1.29, 1.82) is 0 Å². The summed E-state index contributed by atoms with van der Waals surface area (Å²) in [7, 11) is 0. The monoisotopic (exact) mass is 410 g/mol. The Morgan fingerprint density at radius 2 is 1.81 bits per heavy atom. The lowest BCUT2D eigenvalue weighted by molar-refractivity contribution is 0.848. The smallest absolute Gasteiger partial charge is 0.225 e. The van der Waals surface area contributed by atoms with Gasteiger partial charge in [-0.15, -0.1) is 0 Å². The van der Waals surface area contributed by atoms with Crippen molar-refractivity contribution in [3.8, 4) is 0 Å². The fourth-order valence-corrected chi connectivity index (χ4v) is 3.42. The van der Waals surface area contributed by atoms with E-state index in [0.717, 1.165) is 28.6 Å². The Labute approximate surface area is 163 Å². The van der Waals surface area contributed by atoms with Crippen molar-refractivity contribution in [2.24, 2.45) is 0 Å². The molecular formula is C21H23BrN4. The molecule has 4 nitrogen and oxygen atoms in total. The zero-order valence-corrected chi connectivity index (χ0v) is 16.6. The van der Waals surface area contributed by atoms with E-state index in [2.05, 4.69) is 62.4 Å². The topological polar surface area (TPSA) is 63.8 Å². The minimum absolute atomic E-state index is 0.113. The summed E-state index contributed by atoms with van der Waals surface area (Å²) < 4.78 is 1.09. The van der Waals surface area contributed by atoms with Crippen molar-refractivity contribution in [1.82, 2.24) is 9.97 Å². The number of halogens is 1. The van der Waals surface area contributed by atoms with Gasteiger partial charge in [0.1, 0.15) is 5.82 Å². The standard InChI is InChI=1S/C21H23BrN4/c1-14(17-8-4-3-5-9-17)24-21-25-15(2)19(20(23)26-21)12-11-16-7-6-10-18(22)13-16/h3-10,13-14H,11-12H2,1-2H3,(H3,23,24,25,26). The number of anilines is 2. The molecule has 0 radical (unpaired) electrons. The van der Waals surface area contributed by atoms with Gasteiger partial charge >= 0.3 is 0 Å². The van der Waals surface area contributed by atoms with Gasteiger partial charge in [-0.1, -0.05) is 58.4 Å². The summed E-state index contributed by atoms with van der Waals surface area (Å²) in [6.45, 7) is 4.08. The summed E-state index contributed by atoms with van der Waals surface area (Å²) in [5, 5.41) is 3.34. The predicted octanol–water partition coefficient (Wildman–Crippen LogP) is 5.09. The van der Waals surface area contributed by atoms with Crippen LogP contribution in [0.1, 0.15) is 35.3 Å². The third-order valence-electron chi connectivity index (χ3n) is 4.44. The Kier molecular flexibility index (Phi) is 5.89. The maximum Gasteiger partial charge on any atom is 0.225 e. The van der Waals surface area contributed by atoms with Crippen molar-refractivity contribution < 1.29 is 0 Å². The third kappa shape index (κ3) is 4.61. The van der Waals surface area contributed by atoms with E-state index in [0.29, 0.717) is 11.8 Å². The van der Waals surface area contributed by atoms with Gasteiger partial charge in [-0.05, 0) is 49.9 Å². The van der Waals surface area contributed by atoms with Crippen molar-refractivity contribution in [2.45, 2.75) is 32.7 Å². The van der Waals surface area contributed by atoms with Crippen LogP contribution in [-0.2, 0) is 12.8 Å². The minimum Gasteiger partial charge on any atom is -0.383 e. The number of nitrogen functional groups attached to an aromatic ring is 1. The number of hydrogen-bond donors (Lipinski definition) is 2. The Morgan fingerprint density at radius 1 is 1.04 bits per heavy atom. The highest BCUT2D eigenvalue weighted by atomic mass is 79.9. The summed E-state index contributed by atoms with van der Waals surface area (Å²) in [5.74, 6) is 1.12. The van der Waals surface area contributed by atoms with Crippen LogP contribution in [0.25, 0.3) is 0 Å². The summed E-state index contributed by atoms with van der Waals surface area (Å²) in [6.07, 6.45) is 1.73. The molecule has 0 saturated heterocycles. The first-order chi connectivity index (χ1) is 12.5. The highest BCUT2D eigenvalue weighted by Gasteiger charge is 2.12. The van der Waals surface area contributed by atoms with Crippen molar-refractivity contribution in [3.05, 3.63) is 81.5 Å². The van der Waals surface area contributed by atoms with Gasteiger partial charge in [0.25, 0.3) is 0 Å². The van der Waals surface area contributed by atoms with Crippen LogP contribution >= 0.6 is 15.9 Å². The van der Waals surface area contributed by atoms with Gasteiger partial charge < -0.3 is 11.1 Å². The molecule has 0 aliphatic heterocycles. The fourth-order valence-electron chi connectivity index (χ4n) is 2.97. The molecule has 0 aliphatic rings. The Hall–Kier alpha value is -2.40. The molecule has 1 atom stereocenters. The van der Waals surface area contributed by atoms with E-state index in [4.69, 9.17) is 5.73 Å². The van der Waals surface area contributed by atoms with Gasteiger partial charge in [0.05, 0.1) is 6.04 Å². The van der Waals surface area contributed by atoms with E-state index in [9.17, 15) is 0 Å². The first kappa shape index (κ1) is 18.4. The molecule has 0 aliphatic carbocycles. The molecule has 2 aromatic carbocycles. The van der Waals surface area contributed by atoms with Crippen LogP contribution in [0.3, 0.4) is 0 Å². The third-order valence-corrected chi connectivity index (χ3v) is 4.94. The molecule has 0 fully saturated rings. The van der Waals surface area contributed by atoms with Crippen LogP contribution in [0.5, 0.6) is 0 Å². The SMILES string of the molecule is Cc1nc(NC(C)c2ccccc2)nc(N)c1CCc1cccc(Br)c1. The average molecular weight is 411 g/mol. The Morgan fingerprint density at radius 3 is 2.50 bits per heavy atom. The fraction of sp³-hybridized carbons (Fsp3) is 0.238. The summed E-state index contributed by atoms with van der Waals surface area (Å²) in [4.78, 5) is 9.09. The van der Waals surface area contributed by atoms with Crippen LogP contribution in [-0.4, -0.2) is 9.97 Å². The van der Waals surface area contributed by atoms with E-state index in [-0.39, 0.29) is 6.04 Å². The van der Waals surface area contributed by atoms with E-state index >= 15 is 0 Å². The number of rotatable bonds is 6. The van der Waals surface area contributed by atoms with Gasteiger partial charge in [-0.25, -0.2) is 4.98 Å².